The van der Waals surface area contributed by atoms with Crippen molar-refractivity contribution in [2.45, 2.75) is 62.4 Å². The number of rotatable bonds is 5. The minimum atomic E-state index is -2.50. The molecule has 0 amide bonds. The summed E-state index contributed by atoms with van der Waals surface area (Å²) >= 11 is 0. The summed E-state index contributed by atoms with van der Waals surface area (Å²) in [7, 11) is 3.58. The third kappa shape index (κ3) is 4.65. The van der Waals surface area contributed by atoms with E-state index in [2.05, 4.69) is 4.74 Å². The first-order chi connectivity index (χ1) is 23.8. The molecule has 17 heteroatoms. The van der Waals surface area contributed by atoms with Crippen LogP contribution in [0.1, 0.15) is 61.8 Å². The first kappa shape index (κ1) is 33.3. The number of benzene rings is 2. The molecule has 0 bridgehead atoms. The van der Waals surface area contributed by atoms with Crippen molar-refractivity contribution in [2.75, 3.05) is 21.3 Å². The highest BCUT2D eigenvalue weighted by Crippen LogP contribution is 2.61. The maximum atomic E-state index is 13.2. The van der Waals surface area contributed by atoms with Crippen LogP contribution in [0, 0.1) is 0 Å². The lowest BCUT2D eigenvalue weighted by molar-refractivity contribution is -0.313. The molecule has 1 aliphatic carbocycles. The van der Waals surface area contributed by atoms with Gasteiger partial charge in [0.15, 0.2) is 46.9 Å². The minimum Gasteiger partial charge on any atom is -0.507 e. The van der Waals surface area contributed by atoms with E-state index in [9.17, 15) is 44.7 Å². The number of allylic oxidation sites excluding steroid dienone is 2. The van der Waals surface area contributed by atoms with Crippen molar-refractivity contribution in [2.24, 2.45) is 0 Å². The Morgan fingerprint density at radius 3 is 2.36 bits per heavy atom. The number of carbonyl (C=O) groups excluding carboxylic acids is 3. The smallest absolute Gasteiger partial charge is 0.374 e. The second-order valence-corrected chi connectivity index (χ2v) is 12.1. The second-order valence-electron chi connectivity index (χ2n) is 12.1. The van der Waals surface area contributed by atoms with E-state index in [1.165, 1.54) is 13.2 Å². The first-order valence-corrected chi connectivity index (χ1v) is 15.2. The highest BCUT2D eigenvalue weighted by Gasteiger charge is 2.63. The number of aromatic hydroxyl groups is 3. The monoisotopic (exact) mass is 701 g/mol. The van der Waals surface area contributed by atoms with Gasteiger partial charge in [0.25, 0.3) is 0 Å². The Morgan fingerprint density at radius 1 is 0.960 bits per heavy atom. The van der Waals surface area contributed by atoms with Crippen molar-refractivity contribution in [1.82, 2.24) is 0 Å². The fourth-order valence-corrected chi connectivity index (χ4v) is 6.86. The van der Waals surface area contributed by atoms with E-state index in [1.807, 2.05) is 0 Å². The van der Waals surface area contributed by atoms with Gasteiger partial charge in [0, 0.05) is 31.6 Å². The molecule has 7 rings (SSSR count). The molecule has 1 spiro atoms. The van der Waals surface area contributed by atoms with Crippen LogP contribution in [0.3, 0.4) is 0 Å². The summed E-state index contributed by atoms with van der Waals surface area (Å²) in [4.78, 5) is 51.5. The van der Waals surface area contributed by atoms with E-state index < -0.39 is 128 Å². The van der Waals surface area contributed by atoms with E-state index in [0.717, 1.165) is 26.4 Å². The Bertz CT molecular complexity index is 2080. The normalized spacial score (nSPS) is 28.3. The summed E-state index contributed by atoms with van der Waals surface area (Å²) < 4.78 is 44.5. The standard InChI is InChI=1S/C33H30O17/c1-10-23(36)15(44-3)9-18(46-10)48-30-22-25(38)20-13(34)8-14(43-2)24(37)21(20)27(40)29(22)50-33(30)17(35)7-12-5-11-6-16(31(41)45-4)47-32(42)19(11)26(39)28(12)49-33/h5-6,8,10,15,17-18,23,30,35-36,38-40H,7,9H2,1-4H3/t10-,15+,17+,18-,23-,30+,33+/m0/s1/i2+1,3+1,4+1. The summed E-state index contributed by atoms with van der Waals surface area (Å²) in [5, 5.41) is 56.5. The van der Waals surface area contributed by atoms with Crippen molar-refractivity contribution >= 4 is 28.3 Å². The SMILES string of the molecule is C[C@@H]1O[C@@H](O[C@@H]2c3c(O)c4c(c(O)c3O[C@@]23Oc2c(cc5cc(C(=O)O[13CH3])oc(=O)c5c2O)C[C@H]3O)C(=O)C(O[13CH3])=CC4=O)C[C@@H](O[13CH3])[C@H]1O. The molecule has 3 aliphatic heterocycles. The van der Waals surface area contributed by atoms with Crippen LogP contribution in [0.2, 0.25) is 0 Å². The van der Waals surface area contributed by atoms with Gasteiger partial charge in [-0.05, 0) is 24.4 Å². The highest BCUT2D eigenvalue weighted by atomic mass is 16.8. The maximum absolute atomic E-state index is 13.2. The van der Waals surface area contributed by atoms with Crippen LogP contribution in [-0.2, 0) is 30.1 Å². The Hall–Kier alpha value is -5.20. The Morgan fingerprint density at radius 2 is 1.68 bits per heavy atom. The number of phenols is 3. The summed E-state index contributed by atoms with van der Waals surface area (Å²) in [5.41, 5.74) is -2.68. The van der Waals surface area contributed by atoms with Crippen LogP contribution < -0.4 is 15.1 Å². The minimum absolute atomic E-state index is 0.0447. The fourth-order valence-electron chi connectivity index (χ4n) is 6.86. The largest absolute Gasteiger partial charge is 0.507 e. The molecule has 1 aromatic heterocycles. The lowest BCUT2D eigenvalue weighted by atomic mass is 9.85. The van der Waals surface area contributed by atoms with Crippen molar-refractivity contribution in [3.8, 4) is 28.7 Å². The summed E-state index contributed by atoms with van der Waals surface area (Å²) in [6.45, 7) is 1.55. The van der Waals surface area contributed by atoms with Gasteiger partial charge in [-0.1, -0.05) is 0 Å². The van der Waals surface area contributed by atoms with Crippen molar-refractivity contribution in [3.05, 3.63) is 62.4 Å². The van der Waals surface area contributed by atoms with E-state index in [4.69, 9.17) is 32.8 Å². The van der Waals surface area contributed by atoms with Gasteiger partial charge in [0.05, 0.1) is 43.1 Å². The van der Waals surface area contributed by atoms with Crippen LogP contribution in [0.5, 0.6) is 28.7 Å². The molecule has 1 fully saturated rings. The van der Waals surface area contributed by atoms with Crippen LogP contribution in [0.15, 0.2) is 33.2 Å². The molecule has 50 heavy (non-hydrogen) atoms. The van der Waals surface area contributed by atoms with E-state index in [1.54, 1.807) is 6.92 Å². The molecule has 4 heterocycles. The predicted molar refractivity (Wildman–Crippen MR) is 162 cm³/mol. The molecule has 0 saturated carbocycles. The van der Waals surface area contributed by atoms with Gasteiger partial charge in [0.1, 0.15) is 23.3 Å². The molecule has 3 aromatic rings. The maximum Gasteiger partial charge on any atom is 0.374 e. The lowest BCUT2D eigenvalue weighted by Gasteiger charge is -2.44. The lowest BCUT2D eigenvalue weighted by Crippen LogP contribution is -2.59. The van der Waals surface area contributed by atoms with Crippen LogP contribution >= 0.6 is 0 Å². The molecule has 0 radical (unpaired) electrons. The van der Waals surface area contributed by atoms with E-state index in [0.29, 0.717) is 0 Å². The molecule has 1 saturated heterocycles. The average molecular weight is 702 g/mol. The third-order valence-electron chi connectivity index (χ3n) is 9.33. The van der Waals surface area contributed by atoms with Crippen molar-refractivity contribution in [3.63, 3.8) is 0 Å². The number of hydrogen-bond acceptors (Lipinski definition) is 17. The predicted octanol–water partition coefficient (Wildman–Crippen LogP) is 1.26. The molecule has 2 aromatic carbocycles. The Balaban J connectivity index is 1.41. The topological polar surface area (TPSA) is 247 Å². The molecule has 264 valence electrons. The van der Waals surface area contributed by atoms with Crippen molar-refractivity contribution in [1.29, 1.82) is 0 Å². The number of Topliss-reactive ketones (excluding diaryl/α,β-unsaturated/α-hetero) is 1. The first-order valence-electron chi connectivity index (χ1n) is 15.2. The highest BCUT2D eigenvalue weighted by molar-refractivity contribution is 6.26. The molecule has 17 nitrogen and oxygen atoms in total. The number of fused-ring (bicyclic) bond motifs is 4. The van der Waals surface area contributed by atoms with Gasteiger partial charge in [-0.3, -0.25) is 9.59 Å². The van der Waals surface area contributed by atoms with Crippen LogP contribution in [0.4, 0.5) is 0 Å². The number of methoxy groups -OCH3 is 3. The van der Waals surface area contributed by atoms with E-state index in [-0.39, 0.29) is 23.8 Å². The zero-order valence-electron chi connectivity index (χ0n) is 26.7. The molecular formula is C33H30O17. The number of carbonyl (C=O) groups is 3. The molecular weight excluding hydrogens is 671 g/mol. The number of esters is 1. The van der Waals surface area contributed by atoms with Crippen molar-refractivity contribution < 1.29 is 77.5 Å². The summed E-state index contributed by atoms with van der Waals surface area (Å²) in [6.07, 6.45) is -7.15. The number of hydrogen-bond donors (Lipinski definition) is 5. The van der Waals surface area contributed by atoms with E-state index >= 15 is 0 Å². The zero-order valence-corrected chi connectivity index (χ0v) is 26.7. The second kappa shape index (κ2) is 11.7. The summed E-state index contributed by atoms with van der Waals surface area (Å²) in [6, 6.07) is 2.52. The number of phenolic OH excluding ortho intramolecular Hbond substituents is 3. The van der Waals surface area contributed by atoms with Gasteiger partial charge in [-0.25, -0.2) is 9.59 Å². The van der Waals surface area contributed by atoms with Gasteiger partial charge in [-0.15, -0.1) is 0 Å². The van der Waals surface area contributed by atoms with Crippen LogP contribution in [0.25, 0.3) is 10.8 Å². The molecule has 7 atom stereocenters. The Kier molecular flexibility index (Phi) is 7.80. The number of ether oxygens (including phenoxy) is 7. The fraction of sp³-hybridized carbons (Fsp3) is 0.394. The van der Waals surface area contributed by atoms with Gasteiger partial charge < -0.3 is 63.1 Å². The zero-order chi connectivity index (χ0) is 36.0. The molecule has 4 aliphatic rings. The van der Waals surface area contributed by atoms with Gasteiger partial charge in [-0.2, -0.15) is 0 Å². The Labute approximate surface area is 280 Å². The number of ketones is 2. The van der Waals surface area contributed by atoms with Gasteiger partial charge >= 0.3 is 17.4 Å². The average Bonchev–Trinajstić information content (AvgIpc) is 3.40. The molecule has 0 unspecified atom stereocenters. The van der Waals surface area contributed by atoms with Crippen LogP contribution in [-0.4, -0.2) is 101 Å². The summed E-state index contributed by atoms with van der Waals surface area (Å²) in [5.74, 6) is -9.75. The quantitative estimate of drug-likeness (QED) is 0.143. The number of aliphatic hydroxyl groups excluding tert-OH is 2. The number of aliphatic hydroxyl groups is 2. The van der Waals surface area contributed by atoms with Gasteiger partial charge in [0.2, 0.25) is 11.5 Å². The molecule has 5 N–H and O–H groups in total. The third-order valence-corrected chi connectivity index (χ3v) is 9.33.